The summed E-state index contributed by atoms with van der Waals surface area (Å²) in [6.07, 6.45) is 3.98. The van der Waals surface area contributed by atoms with Crippen LogP contribution in [0.5, 0.6) is 11.5 Å². The third-order valence-electron chi connectivity index (χ3n) is 4.79. The Hall–Kier alpha value is -3.88. The van der Waals surface area contributed by atoms with Crippen LogP contribution >= 0.6 is 0 Å². The van der Waals surface area contributed by atoms with E-state index in [1.54, 1.807) is 48.1 Å². The molecule has 168 valence electrons. The van der Waals surface area contributed by atoms with Gasteiger partial charge in [0.1, 0.15) is 0 Å². The Kier molecular flexibility index (Phi) is 7.43. The molecular formula is C23H27N5O4. The molecule has 0 saturated heterocycles. The van der Waals surface area contributed by atoms with Gasteiger partial charge in [-0.15, -0.1) is 0 Å². The van der Waals surface area contributed by atoms with Crippen LogP contribution in [0.1, 0.15) is 46.7 Å². The highest BCUT2D eigenvalue weighted by Crippen LogP contribution is 2.28. The van der Waals surface area contributed by atoms with Crippen molar-refractivity contribution < 1.29 is 19.1 Å². The summed E-state index contributed by atoms with van der Waals surface area (Å²) >= 11 is 0. The van der Waals surface area contributed by atoms with E-state index in [0.717, 1.165) is 6.42 Å². The van der Waals surface area contributed by atoms with E-state index in [1.165, 1.54) is 13.3 Å². The minimum absolute atomic E-state index is 0.319. The smallest absolute Gasteiger partial charge is 0.273 e. The number of amides is 2. The van der Waals surface area contributed by atoms with Crippen LogP contribution in [0.2, 0.25) is 0 Å². The van der Waals surface area contributed by atoms with Crippen molar-refractivity contribution in [3.05, 3.63) is 65.6 Å². The van der Waals surface area contributed by atoms with E-state index in [4.69, 9.17) is 9.47 Å². The zero-order valence-electron chi connectivity index (χ0n) is 18.6. The number of rotatable bonds is 8. The maximum atomic E-state index is 12.6. The van der Waals surface area contributed by atoms with Gasteiger partial charge in [-0.3, -0.25) is 20.4 Å². The molecule has 0 unspecified atom stereocenters. The second-order valence-electron chi connectivity index (χ2n) is 7.55. The van der Waals surface area contributed by atoms with Crippen molar-refractivity contribution in [3.8, 4) is 17.3 Å². The van der Waals surface area contributed by atoms with Gasteiger partial charge in [0.05, 0.1) is 31.2 Å². The van der Waals surface area contributed by atoms with Gasteiger partial charge in [-0.05, 0) is 49.6 Å². The molecule has 0 aliphatic rings. The summed E-state index contributed by atoms with van der Waals surface area (Å²) in [4.78, 5) is 29.3. The van der Waals surface area contributed by atoms with Crippen LogP contribution in [-0.4, -0.2) is 40.3 Å². The molecule has 1 aromatic carbocycles. The van der Waals surface area contributed by atoms with Crippen LogP contribution in [0, 0.1) is 12.8 Å². The fraction of sp³-hybridized carbons (Fsp3) is 0.304. The first-order valence-corrected chi connectivity index (χ1v) is 10.3. The Bertz CT molecular complexity index is 1080. The average Bonchev–Trinajstić information content (AvgIpc) is 3.19. The van der Waals surface area contributed by atoms with Gasteiger partial charge in [0.25, 0.3) is 11.8 Å². The topological polar surface area (TPSA) is 107 Å². The quantitative estimate of drug-likeness (QED) is 0.525. The molecule has 2 heterocycles. The van der Waals surface area contributed by atoms with Gasteiger partial charge < -0.3 is 9.47 Å². The standard InChI is InChI=1S/C23H27N5O4/c1-15(2)10-12-32-19-9-8-17(13-20(19)31-4)22(29)26-27-23(30)18-14-25-28(16(18)3)21-7-5-6-11-24-21/h5-9,11,13-15H,10,12H2,1-4H3,(H,26,29)(H,27,30). The largest absolute Gasteiger partial charge is 0.493 e. The molecule has 2 aromatic heterocycles. The monoisotopic (exact) mass is 437 g/mol. The number of benzene rings is 1. The maximum Gasteiger partial charge on any atom is 0.273 e. The van der Waals surface area contributed by atoms with Crippen LogP contribution in [0.4, 0.5) is 0 Å². The van der Waals surface area contributed by atoms with Gasteiger partial charge in [0.15, 0.2) is 17.3 Å². The summed E-state index contributed by atoms with van der Waals surface area (Å²) in [7, 11) is 1.51. The maximum absolute atomic E-state index is 12.6. The predicted molar refractivity (Wildman–Crippen MR) is 119 cm³/mol. The van der Waals surface area contributed by atoms with Crippen molar-refractivity contribution in [2.75, 3.05) is 13.7 Å². The zero-order valence-corrected chi connectivity index (χ0v) is 18.6. The molecular weight excluding hydrogens is 410 g/mol. The van der Waals surface area contributed by atoms with Crippen molar-refractivity contribution in [3.63, 3.8) is 0 Å². The van der Waals surface area contributed by atoms with Crippen LogP contribution in [-0.2, 0) is 0 Å². The number of carbonyl (C=O) groups is 2. The first-order chi connectivity index (χ1) is 15.4. The summed E-state index contributed by atoms with van der Waals surface area (Å²) in [6, 6.07) is 10.3. The Balaban J connectivity index is 1.63. The summed E-state index contributed by atoms with van der Waals surface area (Å²) in [5, 5.41) is 4.21. The molecule has 2 N–H and O–H groups in total. The molecule has 0 spiro atoms. The number of carbonyl (C=O) groups excluding carboxylic acids is 2. The molecule has 0 saturated carbocycles. The molecule has 0 atom stereocenters. The Morgan fingerprint density at radius 1 is 1.09 bits per heavy atom. The number of pyridine rings is 1. The molecule has 0 bridgehead atoms. The highest BCUT2D eigenvalue weighted by Gasteiger charge is 2.17. The van der Waals surface area contributed by atoms with E-state index in [9.17, 15) is 9.59 Å². The summed E-state index contributed by atoms with van der Waals surface area (Å²) in [6.45, 7) is 6.54. The van der Waals surface area contributed by atoms with E-state index < -0.39 is 11.8 Å². The summed E-state index contributed by atoms with van der Waals surface area (Å²) < 4.78 is 12.6. The second-order valence-corrected chi connectivity index (χ2v) is 7.55. The summed E-state index contributed by atoms with van der Waals surface area (Å²) in [5.74, 6) is 1.15. The number of hydrogen-bond donors (Lipinski definition) is 2. The number of ether oxygens (including phenoxy) is 2. The van der Waals surface area contributed by atoms with E-state index in [1.807, 2.05) is 6.07 Å². The van der Waals surface area contributed by atoms with Crippen molar-refractivity contribution in [2.24, 2.45) is 5.92 Å². The predicted octanol–water partition coefficient (Wildman–Crippen LogP) is 3.08. The lowest BCUT2D eigenvalue weighted by atomic mass is 10.1. The van der Waals surface area contributed by atoms with E-state index in [0.29, 0.717) is 46.7 Å². The Morgan fingerprint density at radius 3 is 2.56 bits per heavy atom. The molecule has 9 heteroatoms. The van der Waals surface area contributed by atoms with Gasteiger partial charge in [-0.1, -0.05) is 19.9 Å². The second kappa shape index (κ2) is 10.4. The number of hydrogen-bond acceptors (Lipinski definition) is 6. The highest BCUT2D eigenvalue weighted by molar-refractivity contribution is 5.99. The Morgan fingerprint density at radius 2 is 1.88 bits per heavy atom. The van der Waals surface area contributed by atoms with Crippen molar-refractivity contribution in [1.82, 2.24) is 25.6 Å². The lowest BCUT2D eigenvalue weighted by molar-refractivity contribution is 0.0846. The van der Waals surface area contributed by atoms with Crippen LogP contribution in [0.15, 0.2) is 48.8 Å². The zero-order chi connectivity index (χ0) is 23.1. The normalized spacial score (nSPS) is 10.7. The molecule has 0 fully saturated rings. The molecule has 0 aliphatic carbocycles. The van der Waals surface area contributed by atoms with Crippen molar-refractivity contribution in [1.29, 1.82) is 0 Å². The molecule has 3 aromatic rings. The minimum atomic E-state index is -0.487. The van der Waals surface area contributed by atoms with Gasteiger partial charge in [0.2, 0.25) is 0 Å². The number of nitrogens with one attached hydrogen (secondary N) is 2. The molecule has 0 aliphatic heterocycles. The Labute approximate surface area is 186 Å². The molecule has 3 rings (SSSR count). The van der Waals surface area contributed by atoms with Gasteiger partial charge in [-0.2, -0.15) is 5.10 Å². The SMILES string of the molecule is COc1cc(C(=O)NNC(=O)c2cnn(-c3ccccn3)c2C)ccc1OCCC(C)C. The van der Waals surface area contributed by atoms with Gasteiger partial charge in [-0.25, -0.2) is 9.67 Å². The third kappa shape index (κ3) is 5.42. The molecule has 0 radical (unpaired) electrons. The first kappa shape index (κ1) is 22.8. The molecule has 2 amide bonds. The number of hydrazine groups is 1. The van der Waals surface area contributed by atoms with Gasteiger partial charge in [0, 0.05) is 11.8 Å². The lowest BCUT2D eigenvalue weighted by Gasteiger charge is -2.13. The number of methoxy groups -OCH3 is 1. The van der Waals surface area contributed by atoms with Gasteiger partial charge >= 0.3 is 0 Å². The first-order valence-electron chi connectivity index (χ1n) is 10.3. The number of aromatic nitrogens is 3. The fourth-order valence-electron chi connectivity index (χ4n) is 2.93. The van der Waals surface area contributed by atoms with Crippen molar-refractivity contribution in [2.45, 2.75) is 27.2 Å². The van der Waals surface area contributed by atoms with E-state index >= 15 is 0 Å². The summed E-state index contributed by atoms with van der Waals surface area (Å²) in [5.41, 5.74) is 6.07. The molecule has 32 heavy (non-hydrogen) atoms. The van der Waals surface area contributed by atoms with E-state index in [-0.39, 0.29) is 0 Å². The minimum Gasteiger partial charge on any atom is -0.493 e. The number of nitrogens with zero attached hydrogens (tertiary/aromatic N) is 3. The third-order valence-corrected chi connectivity index (χ3v) is 4.79. The fourth-order valence-corrected chi connectivity index (χ4v) is 2.93. The van der Waals surface area contributed by atoms with Crippen LogP contribution in [0.3, 0.4) is 0 Å². The lowest BCUT2D eigenvalue weighted by Crippen LogP contribution is -2.41. The van der Waals surface area contributed by atoms with Crippen molar-refractivity contribution >= 4 is 11.8 Å². The van der Waals surface area contributed by atoms with E-state index in [2.05, 4.69) is 34.8 Å². The molecule has 9 nitrogen and oxygen atoms in total. The van der Waals surface area contributed by atoms with Crippen LogP contribution < -0.4 is 20.3 Å². The highest BCUT2D eigenvalue weighted by atomic mass is 16.5. The average molecular weight is 438 g/mol. The van der Waals surface area contributed by atoms with Crippen LogP contribution in [0.25, 0.3) is 5.82 Å².